The van der Waals surface area contributed by atoms with Crippen LogP contribution in [0.15, 0.2) is 18.2 Å². The smallest absolute Gasteiger partial charge is 0.160 e. The molecule has 0 radical (unpaired) electrons. The van der Waals surface area contributed by atoms with Crippen LogP contribution in [0.1, 0.15) is 31.4 Å². The lowest BCUT2D eigenvalue weighted by atomic mass is 10.1. The fourth-order valence-corrected chi connectivity index (χ4v) is 1.67. The molecule has 17 heavy (non-hydrogen) atoms. The molecule has 4 N–H and O–H groups in total. The molecule has 0 aliphatic carbocycles. The molecule has 0 amide bonds. The normalized spacial score (nSPS) is 12.4. The first-order chi connectivity index (χ1) is 8.19. The minimum absolute atomic E-state index is 0.173. The van der Waals surface area contributed by atoms with Crippen molar-refractivity contribution in [3.63, 3.8) is 0 Å². The van der Waals surface area contributed by atoms with Gasteiger partial charge >= 0.3 is 0 Å². The molecule has 1 unspecified atom stereocenters. The van der Waals surface area contributed by atoms with Crippen LogP contribution in [0, 0.1) is 0 Å². The number of aromatic hydroxyl groups is 1. The molecule has 0 saturated carbocycles. The van der Waals surface area contributed by atoms with E-state index in [2.05, 4.69) is 12.2 Å². The van der Waals surface area contributed by atoms with E-state index in [1.165, 1.54) is 0 Å². The van der Waals surface area contributed by atoms with E-state index >= 15 is 0 Å². The van der Waals surface area contributed by atoms with Crippen molar-refractivity contribution in [2.45, 2.75) is 25.8 Å². The zero-order valence-corrected chi connectivity index (χ0v) is 10.6. The molecule has 0 aliphatic rings. The summed E-state index contributed by atoms with van der Waals surface area (Å²) in [5.41, 5.74) is 6.54. The van der Waals surface area contributed by atoms with Crippen molar-refractivity contribution in [3.8, 4) is 11.5 Å². The SMILES string of the molecule is COc1cc(C(C)NCCCCN)ccc1O. The highest BCUT2D eigenvalue weighted by molar-refractivity contribution is 5.42. The number of ether oxygens (including phenoxy) is 1. The lowest BCUT2D eigenvalue weighted by molar-refractivity contribution is 0.372. The third-order valence-corrected chi connectivity index (χ3v) is 2.79. The average molecular weight is 238 g/mol. The maximum atomic E-state index is 9.50. The highest BCUT2D eigenvalue weighted by Gasteiger charge is 2.08. The van der Waals surface area contributed by atoms with Gasteiger partial charge in [-0.25, -0.2) is 0 Å². The summed E-state index contributed by atoms with van der Waals surface area (Å²) in [6.07, 6.45) is 2.12. The van der Waals surface area contributed by atoms with Crippen LogP contribution in [0.3, 0.4) is 0 Å². The zero-order chi connectivity index (χ0) is 12.7. The molecule has 0 heterocycles. The molecule has 1 atom stereocenters. The predicted molar refractivity (Wildman–Crippen MR) is 69.4 cm³/mol. The van der Waals surface area contributed by atoms with Crippen LogP contribution in [0.2, 0.25) is 0 Å². The van der Waals surface area contributed by atoms with Gasteiger partial charge in [0.15, 0.2) is 11.5 Å². The Morgan fingerprint density at radius 2 is 2.18 bits per heavy atom. The number of rotatable bonds is 7. The Balaban J connectivity index is 2.53. The molecule has 0 saturated heterocycles. The molecule has 96 valence electrons. The number of methoxy groups -OCH3 is 1. The number of benzene rings is 1. The fraction of sp³-hybridized carbons (Fsp3) is 0.538. The van der Waals surface area contributed by atoms with E-state index in [0.717, 1.165) is 31.5 Å². The maximum absolute atomic E-state index is 9.50. The molecule has 0 spiro atoms. The molecular weight excluding hydrogens is 216 g/mol. The number of hydrogen-bond acceptors (Lipinski definition) is 4. The van der Waals surface area contributed by atoms with E-state index in [-0.39, 0.29) is 11.8 Å². The highest BCUT2D eigenvalue weighted by atomic mass is 16.5. The van der Waals surface area contributed by atoms with E-state index < -0.39 is 0 Å². The van der Waals surface area contributed by atoms with Gasteiger partial charge in [-0.3, -0.25) is 0 Å². The van der Waals surface area contributed by atoms with E-state index in [9.17, 15) is 5.11 Å². The second-order valence-corrected chi connectivity index (χ2v) is 4.10. The second-order valence-electron chi connectivity index (χ2n) is 4.10. The Kier molecular flexibility index (Phi) is 5.80. The van der Waals surface area contributed by atoms with Gasteiger partial charge in [-0.1, -0.05) is 6.07 Å². The zero-order valence-electron chi connectivity index (χ0n) is 10.6. The minimum Gasteiger partial charge on any atom is -0.504 e. The third kappa shape index (κ3) is 4.24. The summed E-state index contributed by atoms with van der Waals surface area (Å²) in [5, 5.41) is 12.9. The number of phenols is 1. The lowest BCUT2D eigenvalue weighted by Gasteiger charge is -2.15. The summed E-state index contributed by atoms with van der Waals surface area (Å²) in [5.74, 6) is 0.685. The Morgan fingerprint density at radius 1 is 1.41 bits per heavy atom. The molecule has 4 nitrogen and oxygen atoms in total. The Bertz CT molecular complexity index is 342. The Morgan fingerprint density at radius 3 is 2.82 bits per heavy atom. The molecule has 0 bridgehead atoms. The van der Waals surface area contributed by atoms with Gasteiger partial charge in [0.2, 0.25) is 0 Å². The second kappa shape index (κ2) is 7.14. The first kappa shape index (κ1) is 13.8. The van der Waals surface area contributed by atoms with Gasteiger partial charge < -0.3 is 20.9 Å². The average Bonchev–Trinajstić information content (AvgIpc) is 2.35. The number of nitrogens with two attached hydrogens (primary N) is 1. The highest BCUT2D eigenvalue weighted by Crippen LogP contribution is 2.28. The summed E-state index contributed by atoms with van der Waals surface area (Å²) >= 11 is 0. The van der Waals surface area contributed by atoms with Crippen molar-refractivity contribution >= 4 is 0 Å². The number of hydrogen-bond donors (Lipinski definition) is 3. The molecule has 0 aromatic heterocycles. The third-order valence-electron chi connectivity index (χ3n) is 2.79. The summed E-state index contributed by atoms with van der Waals surface area (Å²) in [4.78, 5) is 0. The lowest BCUT2D eigenvalue weighted by Crippen LogP contribution is -2.20. The maximum Gasteiger partial charge on any atom is 0.160 e. The molecule has 0 aliphatic heterocycles. The van der Waals surface area contributed by atoms with Crippen molar-refractivity contribution in [2.24, 2.45) is 5.73 Å². The van der Waals surface area contributed by atoms with Crippen molar-refractivity contribution in [1.29, 1.82) is 0 Å². The summed E-state index contributed by atoms with van der Waals surface area (Å²) in [7, 11) is 1.55. The quantitative estimate of drug-likeness (QED) is 0.634. The largest absolute Gasteiger partial charge is 0.504 e. The summed E-state index contributed by atoms with van der Waals surface area (Å²) < 4.78 is 5.08. The van der Waals surface area contributed by atoms with Crippen LogP contribution in [0.25, 0.3) is 0 Å². The van der Waals surface area contributed by atoms with Crippen molar-refractivity contribution in [2.75, 3.05) is 20.2 Å². The van der Waals surface area contributed by atoms with Crippen LogP contribution in [-0.2, 0) is 0 Å². The topological polar surface area (TPSA) is 67.5 Å². The molecular formula is C13H22N2O2. The van der Waals surface area contributed by atoms with Crippen LogP contribution in [0.4, 0.5) is 0 Å². The molecule has 1 rings (SSSR count). The summed E-state index contributed by atoms with van der Waals surface area (Å²) in [6, 6.07) is 5.66. The molecule has 0 fully saturated rings. The molecule has 4 heteroatoms. The van der Waals surface area contributed by atoms with Gasteiger partial charge in [-0.15, -0.1) is 0 Å². The van der Waals surface area contributed by atoms with Gasteiger partial charge in [0, 0.05) is 6.04 Å². The van der Waals surface area contributed by atoms with E-state index in [0.29, 0.717) is 5.75 Å². The Hall–Kier alpha value is -1.26. The number of unbranched alkanes of at least 4 members (excludes halogenated alkanes) is 1. The van der Waals surface area contributed by atoms with Gasteiger partial charge in [0.05, 0.1) is 7.11 Å². The van der Waals surface area contributed by atoms with Gasteiger partial charge in [0.25, 0.3) is 0 Å². The van der Waals surface area contributed by atoms with Crippen LogP contribution >= 0.6 is 0 Å². The number of phenolic OH excluding ortho intramolecular Hbond substituents is 1. The first-order valence-electron chi connectivity index (χ1n) is 5.99. The van der Waals surface area contributed by atoms with Gasteiger partial charge in [-0.2, -0.15) is 0 Å². The van der Waals surface area contributed by atoms with Crippen molar-refractivity contribution in [1.82, 2.24) is 5.32 Å². The van der Waals surface area contributed by atoms with Gasteiger partial charge in [-0.05, 0) is 50.6 Å². The molecule has 1 aromatic carbocycles. The van der Waals surface area contributed by atoms with E-state index in [1.54, 1.807) is 13.2 Å². The van der Waals surface area contributed by atoms with Crippen molar-refractivity contribution < 1.29 is 9.84 Å². The molecule has 1 aromatic rings. The fourth-order valence-electron chi connectivity index (χ4n) is 1.67. The Labute approximate surface area is 103 Å². The van der Waals surface area contributed by atoms with Crippen LogP contribution < -0.4 is 15.8 Å². The predicted octanol–water partition coefficient (Wildman–Crippen LogP) is 1.79. The van der Waals surface area contributed by atoms with Crippen LogP contribution in [-0.4, -0.2) is 25.3 Å². The summed E-state index contributed by atoms with van der Waals surface area (Å²) in [6.45, 7) is 3.78. The van der Waals surface area contributed by atoms with Crippen LogP contribution in [0.5, 0.6) is 11.5 Å². The van der Waals surface area contributed by atoms with E-state index in [1.807, 2.05) is 12.1 Å². The van der Waals surface area contributed by atoms with Gasteiger partial charge in [0.1, 0.15) is 0 Å². The minimum atomic E-state index is 0.173. The standard InChI is InChI=1S/C13H22N2O2/c1-10(15-8-4-3-7-14)11-5-6-12(16)13(9-11)17-2/h5-6,9-10,15-16H,3-4,7-8,14H2,1-2H3. The van der Waals surface area contributed by atoms with Crippen molar-refractivity contribution in [3.05, 3.63) is 23.8 Å². The number of nitrogens with one attached hydrogen (secondary N) is 1. The first-order valence-corrected chi connectivity index (χ1v) is 5.99. The monoisotopic (exact) mass is 238 g/mol. The van der Waals surface area contributed by atoms with E-state index in [4.69, 9.17) is 10.5 Å².